The lowest BCUT2D eigenvalue weighted by Gasteiger charge is -2.06. The molecule has 0 fully saturated rings. The van der Waals surface area contributed by atoms with E-state index in [1.807, 2.05) is 0 Å². The fourth-order valence-corrected chi connectivity index (χ4v) is 3.64. The summed E-state index contributed by atoms with van der Waals surface area (Å²) in [5.74, 6) is -0.255. The number of nitro benzene ring substituents is 1. The van der Waals surface area contributed by atoms with Gasteiger partial charge < -0.3 is 0 Å². The van der Waals surface area contributed by atoms with E-state index >= 15 is 0 Å². The molecule has 0 saturated carbocycles. The molecule has 0 spiro atoms. The number of non-ortho nitro benzene ring substituents is 1. The van der Waals surface area contributed by atoms with Crippen LogP contribution >= 0.6 is 11.6 Å². The number of hydrogen-bond donors (Lipinski definition) is 0. The van der Waals surface area contributed by atoms with Gasteiger partial charge in [0.1, 0.15) is 0 Å². The van der Waals surface area contributed by atoms with Gasteiger partial charge in [0.25, 0.3) is 5.69 Å². The summed E-state index contributed by atoms with van der Waals surface area (Å²) in [6, 6.07) is 11.9. The van der Waals surface area contributed by atoms with Crippen molar-refractivity contribution in [3.05, 3.63) is 69.2 Å². The van der Waals surface area contributed by atoms with Crippen LogP contribution < -0.4 is 0 Å². The predicted molar refractivity (Wildman–Crippen MR) is 75.4 cm³/mol. The molecule has 0 radical (unpaired) electrons. The molecule has 0 saturated heterocycles. The molecule has 0 bridgehead atoms. The van der Waals surface area contributed by atoms with E-state index in [1.54, 1.807) is 30.3 Å². The fraction of sp³-hybridized carbons (Fsp3) is 0.0769. The van der Waals surface area contributed by atoms with Crippen LogP contribution in [0, 0.1) is 10.1 Å². The first kappa shape index (κ1) is 14.5. The summed E-state index contributed by atoms with van der Waals surface area (Å²) in [6.07, 6.45) is 0. The van der Waals surface area contributed by atoms with E-state index in [1.165, 1.54) is 12.1 Å². The largest absolute Gasteiger partial charge is 0.270 e. The molecule has 104 valence electrons. The highest BCUT2D eigenvalue weighted by molar-refractivity contribution is 7.90. The van der Waals surface area contributed by atoms with Crippen LogP contribution in [0.3, 0.4) is 0 Å². The highest BCUT2D eigenvalue weighted by Crippen LogP contribution is 2.28. The summed E-state index contributed by atoms with van der Waals surface area (Å²) in [4.78, 5) is 9.84. The van der Waals surface area contributed by atoms with Gasteiger partial charge in [-0.05, 0) is 11.6 Å². The highest BCUT2D eigenvalue weighted by atomic mass is 35.5. The van der Waals surface area contributed by atoms with E-state index in [2.05, 4.69) is 0 Å². The van der Waals surface area contributed by atoms with Crippen molar-refractivity contribution in [2.24, 2.45) is 0 Å². The van der Waals surface area contributed by atoms with Gasteiger partial charge in [-0.2, -0.15) is 0 Å². The van der Waals surface area contributed by atoms with E-state index in [0.29, 0.717) is 5.56 Å². The molecule has 0 atom stereocenters. The van der Waals surface area contributed by atoms with Crippen molar-refractivity contribution in [2.75, 3.05) is 0 Å². The van der Waals surface area contributed by atoms with Crippen molar-refractivity contribution in [1.29, 1.82) is 0 Å². The van der Waals surface area contributed by atoms with Gasteiger partial charge in [0, 0.05) is 12.1 Å². The maximum absolute atomic E-state index is 12.3. The molecule has 2 aromatic rings. The molecule has 0 aliphatic carbocycles. The van der Waals surface area contributed by atoms with Crippen LogP contribution in [-0.2, 0) is 15.6 Å². The Hall–Kier alpha value is -1.92. The minimum Gasteiger partial charge on any atom is -0.258 e. The average molecular weight is 312 g/mol. The molecule has 2 aromatic carbocycles. The maximum atomic E-state index is 12.3. The second kappa shape index (κ2) is 5.60. The van der Waals surface area contributed by atoms with E-state index in [-0.39, 0.29) is 21.4 Å². The van der Waals surface area contributed by atoms with E-state index in [0.717, 1.165) is 6.07 Å². The zero-order valence-electron chi connectivity index (χ0n) is 10.2. The summed E-state index contributed by atoms with van der Waals surface area (Å²) in [5, 5.41) is 10.7. The maximum Gasteiger partial charge on any atom is 0.270 e. The molecule has 20 heavy (non-hydrogen) atoms. The number of nitro groups is 1. The predicted octanol–water partition coefficient (Wildman–Crippen LogP) is 3.22. The number of hydrogen-bond acceptors (Lipinski definition) is 4. The van der Waals surface area contributed by atoms with Crippen LogP contribution in [0.25, 0.3) is 0 Å². The SMILES string of the molecule is O=[N+]([O-])c1ccc(Cl)c(S(=O)(=O)Cc2ccccc2)c1. The van der Waals surface area contributed by atoms with Gasteiger partial charge in [-0.15, -0.1) is 0 Å². The zero-order valence-corrected chi connectivity index (χ0v) is 11.8. The smallest absolute Gasteiger partial charge is 0.258 e. The molecule has 2 rings (SSSR count). The molecular formula is C13H10ClNO4S. The molecular weight excluding hydrogens is 302 g/mol. The second-order valence-electron chi connectivity index (χ2n) is 4.12. The molecule has 0 heterocycles. The third-order valence-electron chi connectivity index (χ3n) is 2.66. The minimum absolute atomic E-state index is 0.0217. The van der Waals surface area contributed by atoms with Gasteiger partial charge >= 0.3 is 0 Å². The third-order valence-corrected chi connectivity index (χ3v) is 4.82. The first-order chi connectivity index (χ1) is 9.40. The Morgan fingerprint density at radius 3 is 2.35 bits per heavy atom. The van der Waals surface area contributed by atoms with Crippen LogP contribution in [0.15, 0.2) is 53.4 Å². The summed E-state index contributed by atoms with van der Waals surface area (Å²) < 4.78 is 24.6. The molecule has 0 aliphatic heterocycles. The van der Waals surface area contributed by atoms with Crippen molar-refractivity contribution in [2.45, 2.75) is 10.6 Å². The fourth-order valence-electron chi connectivity index (χ4n) is 1.72. The lowest BCUT2D eigenvalue weighted by Crippen LogP contribution is -2.06. The van der Waals surface area contributed by atoms with Gasteiger partial charge in [-0.25, -0.2) is 8.42 Å². The Labute approximate surface area is 120 Å². The Bertz CT molecular complexity index is 744. The zero-order chi connectivity index (χ0) is 14.8. The van der Waals surface area contributed by atoms with Crippen molar-refractivity contribution in [3.8, 4) is 0 Å². The minimum atomic E-state index is -3.74. The summed E-state index contributed by atoms with van der Waals surface area (Å²) in [5.41, 5.74) is 0.288. The van der Waals surface area contributed by atoms with Crippen LogP contribution in [0.5, 0.6) is 0 Å². The topological polar surface area (TPSA) is 77.3 Å². The summed E-state index contributed by atoms with van der Waals surface area (Å²) >= 11 is 5.85. The van der Waals surface area contributed by atoms with Crippen LogP contribution in [0.1, 0.15) is 5.56 Å². The van der Waals surface area contributed by atoms with E-state index in [4.69, 9.17) is 11.6 Å². The van der Waals surface area contributed by atoms with Gasteiger partial charge in [-0.3, -0.25) is 10.1 Å². The van der Waals surface area contributed by atoms with Gasteiger partial charge in [0.2, 0.25) is 0 Å². The molecule has 0 aliphatic rings. The third kappa shape index (κ3) is 3.15. The van der Waals surface area contributed by atoms with Gasteiger partial charge in [0.15, 0.2) is 9.84 Å². The monoisotopic (exact) mass is 311 g/mol. The molecule has 0 N–H and O–H groups in total. The quantitative estimate of drug-likeness (QED) is 0.641. The van der Waals surface area contributed by atoms with E-state index in [9.17, 15) is 18.5 Å². The Balaban J connectivity index is 2.44. The van der Waals surface area contributed by atoms with Crippen molar-refractivity contribution in [1.82, 2.24) is 0 Å². The lowest BCUT2D eigenvalue weighted by atomic mass is 10.2. The van der Waals surface area contributed by atoms with Crippen LogP contribution in [0.4, 0.5) is 5.69 Å². The first-order valence-electron chi connectivity index (χ1n) is 5.61. The molecule has 7 heteroatoms. The first-order valence-corrected chi connectivity index (χ1v) is 7.64. The van der Waals surface area contributed by atoms with Crippen molar-refractivity contribution >= 4 is 27.1 Å². The Kier molecular flexibility index (Phi) is 4.06. The van der Waals surface area contributed by atoms with Gasteiger partial charge in [0.05, 0.1) is 20.6 Å². The van der Waals surface area contributed by atoms with Crippen molar-refractivity contribution in [3.63, 3.8) is 0 Å². The molecule has 0 amide bonds. The molecule has 5 nitrogen and oxygen atoms in total. The summed E-state index contributed by atoms with van der Waals surface area (Å²) in [6.45, 7) is 0. The Morgan fingerprint density at radius 1 is 1.10 bits per heavy atom. The number of rotatable bonds is 4. The van der Waals surface area contributed by atoms with Crippen LogP contribution in [0.2, 0.25) is 5.02 Å². The number of benzene rings is 2. The van der Waals surface area contributed by atoms with Crippen LogP contribution in [-0.4, -0.2) is 13.3 Å². The number of nitrogens with zero attached hydrogens (tertiary/aromatic N) is 1. The number of sulfone groups is 1. The molecule has 0 aromatic heterocycles. The summed E-state index contributed by atoms with van der Waals surface area (Å²) in [7, 11) is -3.74. The van der Waals surface area contributed by atoms with Crippen molar-refractivity contribution < 1.29 is 13.3 Å². The lowest BCUT2D eigenvalue weighted by molar-refractivity contribution is -0.385. The van der Waals surface area contributed by atoms with E-state index < -0.39 is 14.8 Å². The standard InChI is InChI=1S/C13H10ClNO4S/c14-12-7-6-11(15(16)17)8-13(12)20(18,19)9-10-4-2-1-3-5-10/h1-8H,9H2. The highest BCUT2D eigenvalue weighted by Gasteiger charge is 2.22. The Morgan fingerprint density at radius 2 is 1.75 bits per heavy atom. The van der Waals surface area contributed by atoms with Gasteiger partial charge in [-0.1, -0.05) is 41.9 Å². The normalized spacial score (nSPS) is 11.2. The molecule has 0 unspecified atom stereocenters. The second-order valence-corrected chi connectivity index (χ2v) is 6.48. The number of halogens is 1. The average Bonchev–Trinajstić information content (AvgIpc) is 2.39.